The first-order valence-electron chi connectivity index (χ1n) is 46.3. The summed E-state index contributed by atoms with van der Waals surface area (Å²) in [6.45, 7) is 6.98. The van der Waals surface area contributed by atoms with Gasteiger partial charge in [-0.2, -0.15) is 0 Å². The Hall–Kier alpha value is -11.3. The van der Waals surface area contributed by atoms with Gasteiger partial charge in [0.1, 0.15) is 23.0 Å². The number of ether oxygens (including phenoxy) is 2. The van der Waals surface area contributed by atoms with Crippen LogP contribution in [0.1, 0.15) is 59.3 Å². The molecule has 0 spiro atoms. The first kappa shape index (κ1) is 104. The topological polar surface area (TPSA) is 57.1 Å². The Morgan fingerprint density at radius 2 is 0.412 bits per heavy atom. The Morgan fingerprint density at radius 3 is 0.603 bits per heavy atom. The van der Waals surface area contributed by atoms with E-state index in [1.165, 1.54) is 115 Å². The Labute approximate surface area is 847 Å². The minimum absolute atomic E-state index is 0. The van der Waals surface area contributed by atoms with Gasteiger partial charge in [0.25, 0.3) is 0 Å². The number of halogens is 2. The van der Waals surface area contributed by atoms with Crippen LogP contribution in [0.3, 0.4) is 0 Å². The van der Waals surface area contributed by atoms with E-state index in [1.54, 1.807) is 16.1 Å². The zero-order chi connectivity index (χ0) is 93.2. The molecule has 0 bridgehead atoms. The summed E-state index contributed by atoms with van der Waals surface area (Å²) in [5.74, 6) is 3.20. The second kappa shape index (κ2) is 59.0. The fourth-order valence-corrected chi connectivity index (χ4v) is 40.9. The summed E-state index contributed by atoms with van der Waals surface area (Å²) < 4.78 is 19.8. The fourth-order valence-electron chi connectivity index (χ4n) is 15.5. The first-order valence-corrected chi connectivity index (χ1v) is 60.8. The molecular weight excluding hydrogens is 2060 g/mol. The molecule has 0 N–H and O–H groups in total. The van der Waals surface area contributed by atoms with Gasteiger partial charge in [-0.05, 0) is 180 Å². The van der Waals surface area contributed by atoms with Gasteiger partial charge < -0.3 is 9.47 Å². The van der Waals surface area contributed by atoms with Gasteiger partial charge in [0.15, 0.2) is 0 Å². The van der Waals surface area contributed by atoms with Crippen molar-refractivity contribution < 1.29 is 29.9 Å². The molecule has 0 radical (unpaired) electrons. The largest absolute Gasteiger partial charge is 0.457 e. The van der Waals surface area contributed by atoms with Crippen molar-refractivity contribution in [2.75, 3.05) is 0 Å². The van der Waals surface area contributed by atoms with Crippen LogP contribution in [0.2, 0.25) is 13.3 Å². The van der Waals surface area contributed by atoms with E-state index in [-0.39, 0.29) is 20.4 Å². The Kier molecular flexibility index (Phi) is 44.9. The van der Waals surface area contributed by atoms with Crippen molar-refractivity contribution in [3.63, 3.8) is 0 Å². The molecule has 13 heteroatoms. The number of unbranched alkanes of at least 4 members (excludes halogenated alkanes) is 3. The van der Waals surface area contributed by atoms with E-state index < -0.39 is 50.1 Å². The van der Waals surface area contributed by atoms with E-state index in [0.29, 0.717) is 0 Å². The van der Waals surface area contributed by atoms with Crippen molar-refractivity contribution in [1.29, 1.82) is 0 Å². The maximum Gasteiger partial charge on any atom is 0.128 e. The Balaban J connectivity index is 0.000000143. The van der Waals surface area contributed by atoms with Crippen LogP contribution >= 0.6 is 63.5 Å². The predicted molar refractivity (Wildman–Crippen MR) is 597 cm³/mol. The molecule has 0 atom stereocenters. The van der Waals surface area contributed by atoms with E-state index in [4.69, 9.17) is 14.5 Å². The van der Waals surface area contributed by atoms with Crippen molar-refractivity contribution in [3.8, 4) is 45.5 Å². The number of rotatable bonds is 28. The van der Waals surface area contributed by atoms with Gasteiger partial charge in [-0.1, -0.05) is 444 Å². The maximum atomic E-state index is 6.05. The quantitative estimate of drug-likeness (QED) is 0.0361. The van der Waals surface area contributed by atoms with Crippen molar-refractivity contribution in [2.45, 2.75) is 72.6 Å². The molecule has 0 amide bonds. The molecule has 0 aliphatic heterocycles. The van der Waals surface area contributed by atoms with E-state index in [2.05, 4.69) is 445 Å². The zero-order valence-electron chi connectivity index (χ0n) is 77.2. The zero-order valence-corrected chi connectivity index (χ0v) is 88.3. The van der Waals surface area contributed by atoms with Gasteiger partial charge in [-0.3, -0.25) is 9.97 Å². The Morgan fingerprint density at radius 1 is 0.213 bits per heavy atom. The average Bonchev–Trinajstić information content (AvgIpc) is 0.824. The van der Waals surface area contributed by atoms with Crippen LogP contribution in [0.25, 0.3) is 22.5 Å². The molecule has 3 aromatic heterocycles. The molecule has 0 saturated heterocycles. The third kappa shape index (κ3) is 33.3. The molecule has 3 heterocycles. The fraction of sp³-hybridized carbons (Fsp3) is 0.0976. The Bertz CT molecular complexity index is 5460. The first-order chi connectivity index (χ1) is 66.7. The van der Waals surface area contributed by atoms with Crippen LogP contribution in [0.15, 0.2) is 543 Å². The van der Waals surface area contributed by atoms with Crippen molar-refractivity contribution in [2.24, 2.45) is 0 Å². The number of pyridine rings is 3. The number of nitrogens with zero attached hydrogens (tertiary/aromatic N) is 3. The monoisotopic (exact) mass is 2170 g/mol. The minimum atomic E-state index is -2.21. The summed E-state index contributed by atoms with van der Waals surface area (Å²) in [6.07, 6.45) is 13.9. The second-order valence-electron chi connectivity index (χ2n) is 31.8. The van der Waals surface area contributed by atoms with Crippen LogP contribution in [0.5, 0.6) is 23.0 Å². The molecule has 5 nitrogen and oxygen atoms in total. The summed E-state index contributed by atoms with van der Waals surface area (Å²) in [4.78, 5) is 13.6. The average molecular weight is 2180 g/mol. The molecule has 0 saturated carbocycles. The van der Waals surface area contributed by atoms with E-state index in [0.717, 1.165) is 54.5 Å². The van der Waals surface area contributed by atoms with Crippen LogP contribution < -0.4 is 76.8 Å². The summed E-state index contributed by atoms with van der Waals surface area (Å²) in [6, 6.07) is 179. The SMILES string of the molecule is Brc1cccc(Oc2cccc(Br)c2)c1.CCC[CH2][Sn]([CH2]CCC)([CH2]CCC)[c]1ccccn1.[Pd].c1ccc(-c2cccc(Oc3cccc(-c4ccccn4)c3)c2)nc1.c1ccc(P(c2ccccc2)c2ccccc2)cc1.c1ccc(P(c2ccccc2)c2ccccc2)cc1.c1ccc(P(c2ccccc2)c2ccccc2)cc1.c1ccc(P(c2ccccc2)c2ccccc2)cc1. The molecule has 0 aliphatic rings. The maximum absolute atomic E-state index is 6.05. The van der Waals surface area contributed by atoms with Gasteiger partial charge in [-0.15, -0.1) is 0 Å². The second-order valence-corrected chi connectivity index (χ2v) is 55.5. The van der Waals surface area contributed by atoms with Crippen molar-refractivity contribution in [3.05, 3.63) is 543 Å². The van der Waals surface area contributed by atoms with E-state index in [9.17, 15) is 0 Å². The molecule has 16 aromatic carbocycles. The van der Waals surface area contributed by atoms with Crippen molar-refractivity contribution >= 4 is 149 Å². The van der Waals surface area contributed by atoms with Crippen LogP contribution in [-0.4, -0.2) is 33.3 Å². The van der Waals surface area contributed by atoms with Crippen LogP contribution in [0.4, 0.5) is 0 Å². The third-order valence-corrected chi connectivity index (χ3v) is 48.0. The van der Waals surface area contributed by atoms with E-state index >= 15 is 0 Å². The number of hydrogen-bond acceptors (Lipinski definition) is 5. The smallest absolute Gasteiger partial charge is 0.128 e. The summed E-state index contributed by atoms with van der Waals surface area (Å²) in [5.41, 5.74) is 3.91. The van der Waals surface area contributed by atoms with Gasteiger partial charge in [-0.25, -0.2) is 0 Å². The van der Waals surface area contributed by atoms with Crippen LogP contribution in [-0.2, 0) is 20.4 Å². The van der Waals surface area contributed by atoms with Gasteiger partial charge in [0.2, 0.25) is 0 Å². The number of benzene rings is 16. The molecule has 0 aliphatic carbocycles. The summed E-state index contributed by atoms with van der Waals surface area (Å²) in [7, 11) is -1.78. The number of aromatic nitrogens is 3. The standard InChI is InChI=1S/C22H16N2O.4C18H15P.C12H8Br2O.C5H4N.3C4H9.Pd.Sn/c1-3-13-23-21(11-1)17-7-5-9-19(15-17)25-20-10-6-8-18(16-20)22-12-2-4-14-24-22;4*1-4-10-16(11-5-1)19(17-12-6-2-7-13-17)18-14-8-3-9-15-18;13-9-3-1-5-11(7-9)15-12-6-2-4-10(14)8-12;1-2-4-6-5-3-1;3*1-3-4-2;;/h1-16H;4*1-15H;1-8H;1-4H;3*1,3-4H2,2H3;;. The number of hydrogen-bond donors (Lipinski definition) is 0. The summed E-state index contributed by atoms with van der Waals surface area (Å²) in [5, 5.41) is 16.8. The molecule has 19 rings (SSSR count). The predicted octanol–water partition coefficient (Wildman–Crippen LogP) is 29.5. The van der Waals surface area contributed by atoms with Gasteiger partial charge in [0.05, 0.1) is 11.4 Å². The molecular formula is C123H115Br2N3O2P4PdSn. The normalized spacial score (nSPS) is 10.6. The summed E-state index contributed by atoms with van der Waals surface area (Å²) >= 11 is 4.59. The molecule has 19 aromatic rings. The van der Waals surface area contributed by atoms with Crippen LogP contribution in [0, 0.1) is 0 Å². The van der Waals surface area contributed by atoms with Gasteiger partial charge >= 0.3 is 124 Å². The van der Waals surface area contributed by atoms with Crippen molar-refractivity contribution in [1.82, 2.24) is 15.0 Å². The molecule has 136 heavy (non-hydrogen) atoms. The van der Waals surface area contributed by atoms with Gasteiger partial charge in [0, 0.05) is 52.9 Å². The third-order valence-electron chi connectivity index (χ3n) is 22.1. The molecule has 0 unspecified atom stereocenters. The molecule has 0 fully saturated rings. The minimum Gasteiger partial charge on any atom is -0.457 e. The molecule has 682 valence electrons. The van der Waals surface area contributed by atoms with E-state index in [1.807, 2.05) is 140 Å².